The van der Waals surface area contributed by atoms with Crippen molar-refractivity contribution in [1.29, 1.82) is 0 Å². The first-order valence-electron chi connectivity index (χ1n) is 4.84. The highest BCUT2D eigenvalue weighted by atomic mass is 16.3. The van der Waals surface area contributed by atoms with E-state index >= 15 is 0 Å². The highest BCUT2D eigenvalue weighted by Crippen LogP contribution is 2.14. The molecule has 4 nitrogen and oxygen atoms in total. The van der Waals surface area contributed by atoms with Crippen molar-refractivity contribution in [3.05, 3.63) is 12.4 Å². The number of nitrogens with one attached hydrogen (secondary N) is 1. The Hall–Kier alpha value is -1.03. The minimum absolute atomic E-state index is 0.235. The molecule has 1 aromatic heterocycles. The number of hydrogen-bond acceptors (Lipinski definition) is 3. The summed E-state index contributed by atoms with van der Waals surface area (Å²) in [5.41, 5.74) is 0.360. The lowest BCUT2D eigenvalue weighted by Gasteiger charge is -2.22. The maximum absolute atomic E-state index is 9.61. The first kappa shape index (κ1) is 11.0. The first-order chi connectivity index (χ1) is 6.37. The van der Waals surface area contributed by atoms with Crippen molar-refractivity contribution >= 4 is 5.69 Å². The summed E-state index contributed by atoms with van der Waals surface area (Å²) >= 11 is 0. The van der Waals surface area contributed by atoms with E-state index in [4.69, 9.17) is 0 Å². The van der Waals surface area contributed by atoms with Crippen molar-refractivity contribution in [2.75, 3.05) is 5.32 Å². The number of nitrogens with zero attached hydrogens (tertiary/aromatic N) is 2. The number of aromatic nitrogens is 2. The van der Waals surface area contributed by atoms with Crippen LogP contribution in [0.25, 0.3) is 0 Å². The Morgan fingerprint density at radius 1 is 1.64 bits per heavy atom. The molecule has 0 spiro atoms. The van der Waals surface area contributed by atoms with Crippen LogP contribution < -0.4 is 5.32 Å². The monoisotopic (exact) mass is 197 g/mol. The molecular weight excluding hydrogens is 178 g/mol. The van der Waals surface area contributed by atoms with Crippen LogP contribution in [-0.4, -0.2) is 26.5 Å². The smallest absolute Gasteiger partial charge is 0.0728 e. The zero-order valence-electron chi connectivity index (χ0n) is 9.28. The van der Waals surface area contributed by atoms with Crippen LogP contribution in [0.15, 0.2) is 12.4 Å². The molecule has 0 bridgehead atoms. The third kappa shape index (κ3) is 3.79. The summed E-state index contributed by atoms with van der Waals surface area (Å²) in [4.78, 5) is 0. The molecule has 1 rings (SSSR count). The second-order valence-corrected chi connectivity index (χ2v) is 4.46. The summed E-state index contributed by atoms with van der Waals surface area (Å²) in [5, 5.41) is 16.9. The largest absolute Gasteiger partial charge is 0.390 e. The molecule has 0 aliphatic carbocycles. The summed E-state index contributed by atoms with van der Waals surface area (Å²) in [6.07, 6.45) is 4.41. The maximum atomic E-state index is 9.61. The van der Waals surface area contributed by atoms with E-state index < -0.39 is 5.60 Å². The van der Waals surface area contributed by atoms with E-state index in [9.17, 15) is 5.11 Å². The number of aryl methyl sites for hydroxylation is 1. The van der Waals surface area contributed by atoms with E-state index in [0.29, 0.717) is 6.42 Å². The first-order valence-corrected chi connectivity index (χ1v) is 4.84. The highest BCUT2D eigenvalue weighted by Gasteiger charge is 2.17. The summed E-state index contributed by atoms with van der Waals surface area (Å²) in [6.45, 7) is 5.67. The molecule has 0 saturated heterocycles. The second-order valence-electron chi connectivity index (χ2n) is 4.46. The SMILES string of the molecule is CC(CC(C)(C)O)Nc1cnn(C)c1. The van der Waals surface area contributed by atoms with Gasteiger partial charge in [-0.1, -0.05) is 0 Å². The third-order valence-corrected chi connectivity index (χ3v) is 1.92. The normalized spacial score (nSPS) is 14.1. The fourth-order valence-corrected chi connectivity index (χ4v) is 1.58. The third-order valence-electron chi connectivity index (χ3n) is 1.92. The predicted molar refractivity (Wildman–Crippen MR) is 57.2 cm³/mol. The van der Waals surface area contributed by atoms with Crippen molar-refractivity contribution in [2.45, 2.75) is 38.8 Å². The Morgan fingerprint density at radius 3 is 2.71 bits per heavy atom. The molecule has 2 N–H and O–H groups in total. The molecule has 14 heavy (non-hydrogen) atoms. The average molecular weight is 197 g/mol. The highest BCUT2D eigenvalue weighted by molar-refractivity contribution is 5.38. The van der Waals surface area contributed by atoms with Crippen LogP contribution in [0.5, 0.6) is 0 Å². The van der Waals surface area contributed by atoms with Crippen LogP contribution in [0.2, 0.25) is 0 Å². The van der Waals surface area contributed by atoms with Gasteiger partial charge < -0.3 is 10.4 Å². The van der Waals surface area contributed by atoms with Gasteiger partial charge in [-0.3, -0.25) is 4.68 Å². The van der Waals surface area contributed by atoms with Gasteiger partial charge in [0.25, 0.3) is 0 Å². The van der Waals surface area contributed by atoms with Crippen LogP contribution in [0.3, 0.4) is 0 Å². The van der Waals surface area contributed by atoms with Gasteiger partial charge in [0.05, 0.1) is 17.5 Å². The van der Waals surface area contributed by atoms with Gasteiger partial charge in [0, 0.05) is 19.3 Å². The van der Waals surface area contributed by atoms with Gasteiger partial charge in [0.1, 0.15) is 0 Å². The van der Waals surface area contributed by atoms with E-state index in [2.05, 4.69) is 10.4 Å². The Bertz CT molecular complexity index is 288. The maximum Gasteiger partial charge on any atom is 0.0728 e. The summed E-state index contributed by atoms with van der Waals surface area (Å²) in [7, 11) is 1.88. The molecule has 0 aromatic carbocycles. The molecular formula is C10H19N3O. The van der Waals surface area contributed by atoms with E-state index in [0.717, 1.165) is 5.69 Å². The van der Waals surface area contributed by atoms with E-state index in [1.807, 2.05) is 34.0 Å². The van der Waals surface area contributed by atoms with Crippen LogP contribution in [0.1, 0.15) is 27.2 Å². The molecule has 0 fully saturated rings. The summed E-state index contributed by atoms with van der Waals surface area (Å²) < 4.78 is 1.75. The fraction of sp³-hybridized carbons (Fsp3) is 0.700. The van der Waals surface area contributed by atoms with Gasteiger partial charge in [-0.15, -0.1) is 0 Å². The zero-order valence-corrected chi connectivity index (χ0v) is 9.28. The van der Waals surface area contributed by atoms with Gasteiger partial charge in [-0.2, -0.15) is 5.10 Å². The topological polar surface area (TPSA) is 50.1 Å². The lowest BCUT2D eigenvalue weighted by atomic mass is 10.0. The number of rotatable bonds is 4. The molecule has 1 atom stereocenters. The Kier molecular flexibility index (Phi) is 3.16. The van der Waals surface area contributed by atoms with Crippen LogP contribution in [0.4, 0.5) is 5.69 Å². The standard InChI is InChI=1S/C10H19N3O/c1-8(5-10(2,3)14)12-9-6-11-13(4)7-9/h6-8,12,14H,5H2,1-4H3. The minimum atomic E-state index is -0.630. The van der Waals surface area contributed by atoms with Gasteiger partial charge in [-0.25, -0.2) is 0 Å². The predicted octanol–water partition coefficient (Wildman–Crippen LogP) is 1.38. The summed E-state index contributed by atoms with van der Waals surface area (Å²) in [6, 6.07) is 0.235. The van der Waals surface area contributed by atoms with Crippen molar-refractivity contribution in [3.63, 3.8) is 0 Å². The second kappa shape index (κ2) is 4.00. The Balaban J connectivity index is 2.45. The van der Waals surface area contributed by atoms with Crippen LogP contribution in [-0.2, 0) is 7.05 Å². The molecule has 0 radical (unpaired) electrons. The van der Waals surface area contributed by atoms with Crippen molar-refractivity contribution in [3.8, 4) is 0 Å². The van der Waals surface area contributed by atoms with Crippen LogP contribution in [0, 0.1) is 0 Å². The Morgan fingerprint density at radius 2 is 2.29 bits per heavy atom. The van der Waals surface area contributed by atoms with E-state index in [-0.39, 0.29) is 6.04 Å². The summed E-state index contributed by atoms with van der Waals surface area (Å²) in [5.74, 6) is 0. The molecule has 1 unspecified atom stereocenters. The minimum Gasteiger partial charge on any atom is -0.390 e. The molecule has 0 aliphatic rings. The number of anilines is 1. The number of aliphatic hydroxyl groups is 1. The quantitative estimate of drug-likeness (QED) is 0.766. The molecule has 0 amide bonds. The lowest BCUT2D eigenvalue weighted by molar-refractivity contribution is 0.0673. The van der Waals surface area contributed by atoms with E-state index in [1.165, 1.54) is 0 Å². The Labute approximate surface area is 84.9 Å². The van der Waals surface area contributed by atoms with Gasteiger partial charge in [-0.05, 0) is 27.2 Å². The fourth-order valence-electron chi connectivity index (χ4n) is 1.58. The van der Waals surface area contributed by atoms with Crippen molar-refractivity contribution in [2.24, 2.45) is 7.05 Å². The van der Waals surface area contributed by atoms with Crippen molar-refractivity contribution < 1.29 is 5.11 Å². The number of hydrogen-bond donors (Lipinski definition) is 2. The molecule has 1 aromatic rings. The van der Waals surface area contributed by atoms with Gasteiger partial charge in [0.15, 0.2) is 0 Å². The van der Waals surface area contributed by atoms with Crippen LogP contribution >= 0.6 is 0 Å². The molecule has 80 valence electrons. The average Bonchev–Trinajstić information content (AvgIpc) is 2.30. The zero-order chi connectivity index (χ0) is 10.8. The van der Waals surface area contributed by atoms with Gasteiger partial charge in [0.2, 0.25) is 0 Å². The van der Waals surface area contributed by atoms with E-state index in [1.54, 1.807) is 10.9 Å². The van der Waals surface area contributed by atoms with Crippen molar-refractivity contribution in [1.82, 2.24) is 9.78 Å². The molecule has 0 saturated carbocycles. The molecule has 0 aliphatic heterocycles. The molecule has 1 heterocycles. The lowest BCUT2D eigenvalue weighted by Crippen LogP contribution is -2.28. The van der Waals surface area contributed by atoms with Gasteiger partial charge >= 0.3 is 0 Å². The molecule has 4 heteroatoms.